The summed E-state index contributed by atoms with van der Waals surface area (Å²) < 4.78 is 0. The van der Waals surface area contributed by atoms with Crippen molar-refractivity contribution in [1.29, 1.82) is 0 Å². The fourth-order valence-electron chi connectivity index (χ4n) is 3.04. The summed E-state index contributed by atoms with van der Waals surface area (Å²) in [5, 5.41) is 2.72. The van der Waals surface area contributed by atoms with Crippen LogP contribution in [0.25, 0.3) is 21.9 Å². The number of aryl methyl sites for hydroxylation is 4. The molecule has 3 aromatic rings. The van der Waals surface area contributed by atoms with Crippen LogP contribution in [0.5, 0.6) is 0 Å². The Morgan fingerprint density at radius 3 is 1.95 bits per heavy atom. The van der Waals surface area contributed by atoms with E-state index in [1.165, 1.54) is 44.2 Å². The summed E-state index contributed by atoms with van der Waals surface area (Å²) in [5.41, 5.74) is 8.07. The van der Waals surface area contributed by atoms with E-state index in [0.29, 0.717) is 0 Å². The minimum absolute atomic E-state index is 0. The molecule has 3 aromatic carbocycles. The van der Waals surface area contributed by atoms with Gasteiger partial charge in [0, 0.05) is 0 Å². The minimum atomic E-state index is 0. The minimum Gasteiger partial charge on any atom is -1.00 e. The largest absolute Gasteiger partial charge is 3.00 e. The first-order valence-corrected chi connectivity index (χ1v) is 6.80. The Labute approximate surface area is 164 Å². The number of hydrogen-bond donors (Lipinski definition) is 0. The predicted octanol–water partition coefficient (Wildman–Crippen LogP) is -0.535. The maximum atomic E-state index is 2.30. The van der Waals surface area contributed by atoms with Gasteiger partial charge >= 0.3 is 26.2 Å². The number of hydrogen-bond acceptors (Lipinski definition) is 0. The Hall–Kier alpha value is -0.487. The van der Waals surface area contributed by atoms with Gasteiger partial charge in [-0.2, -0.15) is 6.07 Å². The molecule has 0 heterocycles. The van der Waals surface area contributed by atoms with Crippen LogP contribution in [0.4, 0.5) is 0 Å². The van der Waals surface area contributed by atoms with E-state index in [2.05, 4.69) is 70.2 Å². The van der Waals surface area contributed by atoms with Crippen LogP contribution >= 0.6 is 0 Å². The van der Waals surface area contributed by atoms with Gasteiger partial charge in [0.05, 0.1) is 0 Å². The van der Waals surface area contributed by atoms with Crippen LogP contribution in [-0.4, -0.2) is 0 Å². The number of benzene rings is 2. The normalized spacial score (nSPS) is 9.64. The van der Waals surface area contributed by atoms with Crippen molar-refractivity contribution in [3.05, 3.63) is 64.7 Å². The molecule has 0 spiro atoms. The summed E-state index contributed by atoms with van der Waals surface area (Å²) in [6.45, 7) is 8.71. The van der Waals surface area contributed by atoms with Gasteiger partial charge < -0.3 is 24.8 Å². The summed E-state index contributed by atoms with van der Waals surface area (Å²) >= 11 is 0. The summed E-state index contributed by atoms with van der Waals surface area (Å²) in [4.78, 5) is 0. The van der Waals surface area contributed by atoms with Gasteiger partial charge in [-0.1, -0.05) is 47.4 Å². The van der Waals surface area contributed by atoms with Crippen molar-refractivity contribution in [1.82, 2.24) is 0 Å². The van der Waals surface area contributed by atoms with Crippen LogP contribution in [0.2, 0.25) is 0 Å². The average molecular weight is 409 g/mol. The zero-order valence-corrected chi connectivity index (χ0v) is 17.3. The SMILES string of the molecule is Cc1cc(C)cc(-c2c(C)ccc3[cH-]c(C)cc23)c1.[Cl-].[Cl-].[Zr+3]. The fraction of sp³-hybridized carbons (Fsp3) is 0.211. The fourth-order valence-corrected chi connectivity index (χ4v) is 3.04. The van der Waals surface area contributed by atoms with Gasteiger partial charge in [-0.15, -0.1) is 34.5 Å². The quantitative estimate of drug-likeness (QED) is 0.474. The third-order valence-corrected chi connectivity index (χ3v) is 3.75. The zero-order valence-electron chi connectivity index (χ0n) is 13.3. The Balaban J connectivity index is 0.00000147. The van der Waals surface area contributed by atoms with Gasteiger partial charge in [0.2, 0.25) is 0 Å². The molecule has 0 aliphatic heterocycles. The Morgan fingerprint density at radius 2 is 1.36 bits per heavy atom. The third kappa shape index (κ3) is 4.07. The number of rotatable bonds is 1. The molecule has 113 valence electrons. The van der Waals surface area contributed by atoms with Crippen LogP contribution in [0.3, 0.4) is 0 Å². The monoisotopic (exact) mass is 407 g/mol. The molecule has 0 aliphatic rings. The molecule has 0 saturated heterocycles. The van der Waals surface area contributed by atoms with Gasteiger partial charge in [0.25, 0.3) is 0 Å². The average Bonchev–Trinajstić information content (AvgIpc) is 2.67. The smallest absolute Gasteiger partial charge is 1.00 e. The molecule has 0 aliphatic carbocycles. The molecule has 3 heteroatoms. The first kappa shape index (κ1) is 21.5. The number of fused-ring (bicyclic) bond motifs is 1. The molecule has 0 atom stereocenters. The maximum absolute atomic E-state index is 2.30. The zero-order chi connectivity index (χ0) is 13.6. The molecule has 0 saturated carbocycles. The molecule has 3 rings (SSSR count). The molecule has 0 bridgehead atoms. The van der Waals surface area contributed by atoms with Gasteiger partial charge in [-0.05, 0) is 26.3 Å². The van der Waals surface area contributed by atoms with Crippen molar-refractivity contribution in [2.75, 3.05) is 0 Å². The summed E-state index contributed by atoms with van der Waals surface area (Å²) in [7, 11) is 0. The summed E-state index contributed by atoms with van der Waals surface area (Å²) in [6.07, 6.45) is 0. The predicted molar refractivity (Wildman–Crippen MR) is 83.9 cm³/mol. The van der Waals surface area contributed by atoms with E-state index < -0.39 is 0 Å². The number of halogens is 2. The van der Waals surface area contributed by atoms with E-state index in [1.54, 1.807) is 0 Å². The first-order valence-electron chi connectivity index (χ1n) is 6.80. The van der Waals surface area contributed by atoms with Crippen molar-refractivity contribution < 1.29 is 51.0 Å². The second-order valence-electron chi connectivity index (χ2n) is 5.67. The van der Waals surface area contributed by atoms with Crippen molar-refractivity contribution in [3.8, 4) is 11.1 Å². The van der Waals surface area contributed by atoms with Crippen molar-refractivity contribution in [2.45, 2.75) is 27.7 Å². The van der Waals surface area contributed by atoms with Crippen molar-refractivity contribution in [2.24, 2.45) is 0 Å². The molecule has 1 radical (unpaired) electrons. The molecule has 0 unspecified atom stereocenters. The van der Waals surface area contributed by atoms with Gasteiger partial charge in [-0.25, -0.2) is 0 Å². The maximum Gasteiger partial charge on any atom is 3.00 e. The molecule has 0 amide bonds. The van der Waals surface area contributed by atoms with Crippen LogP contribution in [0.15, 0.2) is 42.5 Å². The van der Waals surface area contributed by atoms with Crippen molar-refractivity contribution in [3.63, 3.8) is 0 Å². The van der Waals surface area contributed by atoms with E-state index >= 15 is 0 Å². The molecule has 0 nitrogen and oxygen atoms in total. The Morgan fingerprint density at radius 1 is 0.773 bits per heavy atom. The van der Waals surface area contributed by atoms with Crippen LogP contribution in [0.1, 0.15) is 22.3 Å². The second kappa shape index (κ2) is 8.39. The van der Waals surface area contributed by atoms with E-state index in [1.807, 2.05) is 0 Å². The van der Waals surface area contributed by atoms with Gasteiger partial charge in [0.1, 0.15) is 0 Å². The van der Waals surface area contributed by atoms with Gasteiger partial charge in [0.15, 0.2) is 0 Å². The molecular weight excluding hydrogens is 390 g/mol. The molecule has 0 N–H and O–H groups in total. The van der Waals surface area contributed by atoms with E-state index in [4.69, 9.17) is 0 Å². The molecule has 22 heavy (non-hydrogen) atoms. The molecule has 0 fully saturated rings. The van der Waals surface area contributed by atoms with E-state index in [9.17, 15) is 0 Å². The topological polar surface area (TPSA) is 0 Å². The molecular formula is C19H19Cl2Zr. The van der Waals surface area contributed by atoms with E-state index in [-0.39, 0.29) is 51.0 Å². The second-order valence-corrected chi connectivity index (χ2v) is 5.67. The summed E-state index contributed by atoms with van der Waals surface area (Å²) in [5.74, 6) is 0. The summed E-state index contributed by atoms with van der Waals surface area (Å²) in [6, 6.07) is 15.8. The standard InChI is InChI=1S/C19H19.2ClH.Zr/c1-12-7-13(2)10-17(9-12)19-15(4)5-6-16-8-14(3)11-18(16)19;;;/h5-11H,1-4H3;2*1H;/q-1;;;+3/p-2. The van der Waals surface area contributed by atoms with E-state index in [0.717, 1.165) is 0 Å². The van der Waals surface area contributed by atoms with Crippen molar-refractivity contribution >= 4 is 10.8 Å². The van der Waals surface area contributed by atoms with Crippen LogP contribution in [0, 0.1) is 27.7 Å². The van der Waals surface area contributed by atoms with Gasteiger partial charge in [-0.3, -0.25) is 0 Å². The Kier molecular flexibility index (Phi) is 8.20. The first-order chi connectivity index (χ1) is 9.04. The Bertz CT molecular complexity index is 752. The third-order valence-electron chi connectivity index (χ3n) is 3.75. The van der Waals surface area contributed by atoms with Crippen LogP contribution in [-0.2, 0) is 26.2 Å². The molecule has 0 aromatic heterocycles. The van der Waals surface area contributed by atoms with Crippen LogP contribution < -0.4 is 24.8 Å².